The van der Waals surface area contributed by atoms with Crippen molar-refractivity contribution < 1.29 is 0 Å². The Morgan fingerprint density at radius 1 is 0.800 bits per heavy atom. The maximum absolute atomic E-state index is 6.01. The fraction of sp³-hybridized carbons (Fsp3) is 0.0455. The van der Waals surface area contributed by atoms with Crippen LogP contribution in [0, 0.1) is 0 Å². The molecular formula is C22H17ClN2. The number of pyridine rings is 1. The molecule has 0 amide bonds. The molecule has 3 aromatic carbocycles. The average Bonchev–Trinajstić information content (AvgIpc) is 2.67. The van der Waals surface area contributed by atoms with E-state index in [1.807, 2.05) is 48.5 Å². The molecule has 0 atom stereocenters. The van der Waals surface area contributed by atoms with Crippen molar-refractivity contribution in [2.24, 2.45) is 0 Å². The van der Waals surface area contributed by atoms with Crippen molar-refractivity contribution in [1.29, 1.82) is 0 Å². The Bertz CT molecular complexity index is 995. The van der Waals surface area contributed by atoms with Crippen molar-refractivity contribution >= 4 is 28.2 Å². The summed E-state index contributed by atoms with van der Waals surface area (Å²) in [5.74, 6) is 0. The third kappa shape index (κ3) is 3.49. The summed E-state index contributed by atoms with van der Waals surface area (Å²) in [6.45, 7) is 0.773. The monoisotopic (exact) mass is 344 g/mol. The van der Waals surface area contributed by atoms with Gasteiger partial charge in [-0.25, -0.2) is 4.98 Å². The first-order valence-corrected chi connectivity index (χ1v) is 8.61. The lowest BCUT2D eigenvalue weighted by Gasteiger charge is -2.12. The summed E-state index contributed by atoms with van der Waals surface area (Å²) in [7, 11) is 0. The second kappa shape index (κ2) is 6.96. The summed E-state index contributed by atoms with van der Waals surface area (Å²) in [5.41, 5.74) is 5.30. The van der Waals surface area contributed by atoms with Gasteiger partial charge in [0.2, 0.25) is 0 Å². The highest BCUT2D eigenvalue weighted by atomic mass is 35.5. The number of anilines is 1. The van der Waals surface area contributed by atoms with Gasteiger partial charge in [0, 0.05) is 28.2 Å². The van der Waals surface area contributed by atoms with Gasteiger partial charge in [-0.05, 0) is 29.8 Å². The van der Waals surface area contributed by atoms with Crippen molar-refractivity contribution in [2.45, 2.75) is 6.54 Å². The van der Waals surface area contributed by atoms with Gasteiger partial charge >= 0.3 is 0 Å². The number of nitrogens with one attached hydrogen (secondary N) is 1. The third-order valence-corrected chi connectivity index (χ3v) is 4.43. The van der Waals surface area contributed by atoms with Gasteiger partial charge in [-0.15, -0.1) is 0 Å². The Kier molecular flexibility index (Phi) is 4.36. The van der Waals surface area contributed by atoms with Crippen LogP contribution in [0.4, 0.5) is 5.69 Å². The van der Waals surface area contributed by atoms with E-state index in [0.717, 1.165) is 39.4 Å². The van der Waals surface area contributed by atoms with E-state index in [-0.39, 0.29) is 0 Å². The molecule has 0 saturated heterocycles. The van der Waals surface area contributed by atoms with Gasteiger partial charge in [0.25, 0.3) is 0 Å². The Balaban J connectivity index is 1.74. The molecule has 1 heterocycles. The molecule has 4 aromatic rings. The smallest absolute Gasteiger partial charge is 0.0730 e. The van der Waals surface area contributed by atoms with Gasteiger partial charge in [-0.3, -0.25) is 0 Å². The van der Waals surface area contributed by atoms with Crippen LogP contribution in [0.3, 0.4) is 0 Å². The van der Waals surface area contributed by atoms with Crippen molar-refractivity contribution in [1.82, 2.24) is 4.98 Å². The number of para-hydroxylation sites is 1. The topological polar surface area (TPSA) is 24.9 Å². The van der Waals surface area contributed by atoms with E-state index < -0.39 is 0 Å². The number of fused-ring (bicyclic) bond motifs is 1. The predicted octanol–water partition coefficient (Wildman–Crippen LogP) is 6.17. The molecule has 0 radical (unpaired) electrons. The summed E-state index contributed by atoms with van der Waals surface area (Å²) in [6.07, 6.45) is 0. The minimum Gasteiger partial charge on any atom is -0.380 e. The van der Waals surface area contributed by atoms with Crippen molar-refractivity contribution in [2.75, 3.05) is 5.32 Å². The summed E-state index contributed by atoms with van der Waals surface area (Å²) in [5, 5.41) is 5.41. The highest BCUT2D eigenvalue weighted by molar-refractivity contribution is 6.30. The van der Waals surface area contributed by atoms with Crippen molar-refractivity contribution in [3.63, 3.8) is 0 Å². The molecule has 25 heavy (non-hydrogen) atoms. The molecule has 1 N–H and O–H groups in total. The normalized spacial score (nSPS) is 10.8. The Hall–Kier alpha value is -2.84. The van der Waals surface area contributed by atoms with Gasteiger partial charge in [-0.1, -0.05) is 72.3 Å². The van der Waals surface area contributed by atoms with Crippen LogP contribution < -0.4 is 5.32 Å². The number of hydrogen-bond acceptors (Lipinski definition) is 2. The average molecular weight is 345 g/mol. The Morgan fingerprint density at radius 3 is 2.32 bits per heavy atom. The van der Waals surface area contributed by atoms with Gasteiger partial charge in [0.1, 0.15) is 0 Å². The number of halogens is 1. The lowest BCUT2D eigenvalue weighted by atomic mass is 10.1. The number of benzene rings is 3. The fourth-order valence-electron chi connectivity index (χ4n) is 2.88. The molecule has 1 aromatic heterocycles. The molecule has 0 aliphatic carbocycles. The largest absolute Gasteiger partial charge is 0.380 e. The van der Waals surface area contributed by atoms with Gasteiger partial charge in [0.15, 0.2) is 0 Å². The minimum absolute atomic E-state index is 0.729. The molecule has 0 unspecified atom stereocenters. The molecule has 0 spiro atoms. The Labute approximate surface area is 152 Å². The van der Waals surface area contributed by atoms with Crippen LogP contribution >= 0.6 is 11.6 Å². The number of hydrogen-bond donors (Lipinski definition) is 1. The summed E-state index contributed by atoms with van der Waals surface area (Å²) < 4.78 is 0. The van der Waals surface area contributed by atoms with Crippen LogP contribution in [-0.4, -0.2) is 4.98 Å². The molecule has 4 rings (SSSR count). The zero-order chi connectivity index (χ0) is 17.1. The first-order valence-electron chi connectivity index (χ1n) is 8.23. The van der Waals surface area contributed by atoms with E-state index in [4.69, 9.17) is 16.6 Å². The second-order valence-corrected chi connectivity index (χ2v) is 6.35. The number of nitrogens with zero attached hydrogens (tertiary/aromatic N) is 1. The van der Waals surface area contributed by atoms with E-state index in [2.05, 4.69) is 41.7 Å². The van der Waals surface area contributed by atoms with Crippen LogP contribution in [0.15, 0.2) is 84.9 Å². The molecular weight excluding hydrogens is 328 g/mol. The zero-order valence-electron chi connectivity index (χ0n) is 13.6. The predicted molar refractivity (Wildman–Crippen MR) is 106 cm³/mol. The van der Waals surface area contributed by atoms with Gasteiger partial charge in [-0.2, -0.15) is 0 Å². The molecule has 2 nitrogen and oxygen atoms in total. The van der Waals surface area contributed by atoms with Crippen LogP contribution in [0.5, 0.6) is 0 Å². The quantitative estimate of drug-likeness (QED) is 0.479. The van der Waals surface area contributed by atoms with Crippen LogP contribution in [0.1, 0.15) is 5.56 Å². The molecule has 0 aliphatic heterocycles. The van der Waals surface area contributed by atoms with Gasteiger partial charge < -0.3 is 5.32 Å². The fourth-order valence-corrected chi connectivity index (χ4v) is 3.01. The first kappa shape index (κ1) is 15.7. The van der Waals surface area contributed by atoms with Crippen LogP contribution in [-0.2, 0) is 6.54 Å². The second-order valence-electron chi connectivity index (χ2n) is 5.92. The lowest BCUT2D eigenvalue weighted by molar-refractivity contribution is 1.15. The Morgan fingerprint density at radius 2 is 1.52 bits per heavy atom. The maximum Gasteiger partial charge on any atom is 0.0730 e. The molecule has 0 bridgehead atoms. The highest BCUT2D eigenvalue weighted by Crippen LogP contribution is 2.29. The minimum atomic E-state index is 0.729. The lowest BCUT2D eigenvalue weighted by Crippen LogP contribution is -2.01. The molecule has 3 heteroatoms. The zero-order valence-corrected chi connectivity index (χ0v) is 14.4. The van der Waals surface area contributed by atoms with Crippen molar-refractivity contribution in [3.8, 4) is 11.3 Å². The van der Waals surface area contributed by atoms with Crippen LogP contribution in [0.25, 0.3) is 22.2 Å². The molecule has 122 valence electrons. The van der Waals surface area contributed by atoms with Gasteiger partial charge in [0.05, 0.1) is 11.2 Å². The van der Waals surface area contributed by atoms with E-state index in [1.165, 1.54) is 5.56 Å². The molecule has 0 fully saturated rings. The van der Waals surface area contributed by atoms with E-state index in [9.17, 15) is 0 Å². The summed E-state index contributed by atoms with van der Waals surface area (Å²) in [4.78, 5) is 4.81. The van der Waals surface area contributed by atoms with E-state index in [1.54, 1.807) is 0 Å². The number of rotatable bonds is 4. The summed E-state index contributed by atoms with van der Waals surface area (Å²) in [6, 6.07) is 28.5. The molecule has 0 saturated carbocycles. The van der Waals surface area contributed by atoms with E-state index >= 15 is 0 Å². The summed E-state index contributed by atoms with van der Waals surface area (Å²) >= 11 is 6.01. The van der Waals surface area contributed by atoms with Crippen molar-refractivity contribution in [3.05, 3.63) is 95.5 Å². The first-order chi connectivity index (χ1) is 12.3. The maximum atomic E-state index is 6.01. The van der Waals surface area contributed by atoms with Crippen LogP contribution in [0.2, 0.25) is 5.02 Å². The molecule has 0 aliphatic rings. The van der Waals surface area contributed by atoms with E-state index in [0.29, 0.717) is 0 Å². The highest BCUT2D eigenvalue weighted by Gasteiger charge is 2.07. The standard InChI is InChI=1S/C22H17ClN2/c23-18-12-10-17(11-13-18)21-14-22(19-8-4-5-9-20(19)25-21)24-15-16-6-2-1-3-7-16/h1-14H,15H2,(H,24,25). The SMILES string of the molecule is Clc1ccc(-c2cc(NCc3ccccc3)c3ccccc3n2)cc1. The number of aromatic nitrogens is 1. The third-order valence-electron chi connectivity index (χ3n) is 4.18.